The summed E-state index contributed by atoms with van der Waals surface area (Å²) in [5.41, 5.74) is 6.11. The van der Waals surface area contributed by atoms with E-state index >= 15 is 0 Å². The number of carboxylic acid groups (broad SMARTS) is 1. The van der Waals surface area contributed by atoms with Crippen LogP contribution in [0.25, 0.3) is 0 Å². The van der Waals surface area contributed by atoms with Crippen molar-refractivity contribution in [2.75, 3.05) is 0 Å². The summed E-state index contributed by atoms with van der Waals surface area (Å²) in [6.07, 6.45) is 8.34. The van der Waals surface area contributed by atoms with Crippen molar-refractivity contribution in [3.63, 3.8) is 0 Å². The molecule has 4 atom stereocenters. The molecular formula is C35H45N5O11S2. The summed E-state index contributed by atoms with van der Waals surface area (Å²) >= 11 is 0.197. The number of nitrogens with two attached hydrogens (primary N) is 1. The molecule has 0 radical (unpaired) electrons. The van der Waals surface area contributed by atoms with Crippen LogP contribution in [0.1, 0.15) is 90.2 Å². The Morgan fingerprint density at radius 3 is 2.53 bits per heavy atom. The summed E-state index contributed by atoms with van der Waals surface area (Å²) in [6, 6.07) is 1.55. The first kappa shape index (κ1) is 41.1. The van der Waals surface area contributed by atoms with E-state index in [9.17, 15) is 42.4 Å². The van der Waals surface area contributed by atoms with E-state index in [0.717, 1.165) is 43.3 Å². The summed E-state index contributed by atoms with van der Waals surface area (Å²) in [7, 11) is -5.23. The van der Waals surface area contributed by atoms with Gasteiger partial charge in [-0.05, 0) is 94.8 Å². The predicted molar refractivity (Wildman–Crippen MR) is 198 cm³/mol. The molecule has 1 aromatic rings. The second kappa shape index (κ2) is 16.6. The quantitative estimate of drug-likeness (QED) is 0.0309. The second-order valence-electron chi connectivity index (χ2n) is 13.7. The molecule has 53 heavy (non-hydrogen) atoms. The maximum atomic E-state index is 13.6. The van der Waals surface area contributed by atoms with Crippen LogP contribution in [0.5, 0.6) is 11.5 Å². The molecule has 16 nitrogen and oxygen atoms in total. The number of aromatic hydroxyl groups is 1. The fourth-order valence-corrected chi connectivity index (χ4v) is 8.11. The van der Waals surface area contributed by atoms with Crippen molar-refractivity contribution in [1.82, 2.24) is 9.62 Å². The number of ether oxygens (including phenoxy) is 1. The van der Waals surface area contributed by atoms with Crippen LogP contribution in [0.2, 0.25) is 0 Å². The van der Waals surface area contributed by atoms with Crippen molar-refractivity contribution < 1.29 is 51.9 Å². The third-order valence-corrected chi connectivity index (χ3v) is 11.1. The summed E-state index contributed by atoms with van der Waals surface area (Å²) in [5, 5.41) is 23.9. The third kappa shape index (κ3) is 9.66. The summed E-state index contributed by atoms with van der Waals surface area (Å²) in [6.45, 7) is 12.4. The molecule has 2 amide bonds. The van der Waals surface area contributed by atoms with Gasteiger partial charge in [-0.3, -0.25) is 14.1 Å². The number of nitrogens with zero attached hydrogens (tertiary/aromatic N) is 3. The fourth-order valence-electron chi connectivity index (χ4n) is 6.07. The average molecular weight is 776 g/mol. The smallest absolute Gasteiger partial charge is 0.374 e. The molecule has 0 bridgehead atoms. The van der Waals surface area contributed by atoms with Crippen molar-refractivity contribution in [2.24, 2.45) is 21.8 Å². The minimum absolute atomic E-state index is 0.0135. The number of thioether (sulfide) groups is 1. The van der Waals surface area contributed by atoms with Gasteiger partial charge in [0.05, 0.1) is 5.70 Å². The largest absolute Gasteiger partial charge is 0.507 e. The number of carboxylic acids is 1. The lowest BCUT2D eigenvalue weighted by molar-refractivity contribution is -0.161. The highest BCUT2D eigenvalue weighted by Crippen LogP contribution is 2.47. The molecule has 0 saturated carbocycles. The highest BCUT2D eigenvalue weighted by molar-refractivity contribution is 8.14. The van der Waals surface area contributed by atoms with Crippen molar-refractivity contribution in [3.8, 4) is 11.5 Å². The van der Waals surface area contributed by atoms with E-state index in [2.05, 4.69) is 29.0 Å². The van der Waals surface area contributed by atoms with Gasteiger partial charge in [0.25, 0.3) is 11.8 Å². The summed E-state index contributed by atoms with van der Waals surface area (Å²) in [5.74, 6) is -4.32. The molecule has 0 spiro atoms. The number of allylic oxidation sites excluding steroid dienone is 3. The maximum absolute atomic E-state index is 13.6. The number of phenols is 1. The van der Waals surface area contributed by atoms with Crippen LogP contribution >= 0.6 is 11.8 Å². The number of aryl methyl sites for hydroxylation is 1. The molecule has 6 N–H and O–H groups in total. The van der Waals surface area contributed by atoms with Gasteiger partial charge in [-0.25, -0.2) is 14.6 Å². The van der Waals surface area contributed by atoms with Crippen LogP contribution in [0.3, 0.4) is 0 Å². The van der Waals surface area contributed by atoms with E-state index in [1.807, 2.05) is 19.9 Å². The first-order valence-electron chi connectivity index (χ1n) is 17.0. The molecule has 3 aliphatic rings. The Labute approximate surface area is 312 Å². The number of rotatable bonds is 15. The van der Waals surface area contributed by atoms with Crippen LogP contribution < -0.4 is 15.8 Å². The maximum Gasteiger partial charge on any atom is 0.374 e. The van der Waals surface area contributed by atoms with Gasteiger partial charge in [0.2, 0.25) is 5.60 Å². The van der Waals surface area contributed by atoms with E-state index in [1.165, 1.54) is 19.9 Å². The molecule has 288 valence electrons. The highest BCUT2D eigenvalue weighted by Gasteiger charge is 2.56. The number of hydrogen-bond acceptors (Lipinski definition) is 13. The topological polar surface area (TPSA) is 248 Å². The number of carbonyl (C=O) groups is 4. The molecule has 1 unspecified atom stereocenters. The van der Waals surface area contributed by atoms with Gasteiger partial charge < -0.3 is 30.8 Å². The molecule has 4 rings (SSSR count). The second-order valence-corrected chi connectivity index (χ2v) is 16.0. The minimum Gasteiger partial charge on any atom is -0.507 e. The lowest BCUT2D eigenvalue weighted by Gasteiger charge is -2.42. The van der Waals surface area contributed by atoms with Crippen LogP contribution in [-0.2, 0) is 35.9 Å². The van der Waals surface area contributed by atoms with Crippen molar-refractivity contribution in [3.05, 3.63) is 58.8 Å². The third-order valence-electron chi connectivity index (χ3n) is 9.01. The Morgan fingerprint density at radius 2 is 1.94 bits per heavy atom. The number of aliphatic imine (C=N–C) groups is 1. The van der Waals surface area contributed by atoms with Gasteiger partial charge in [0, 0.05) is 17.9 Å². The van der Waals surface area contributed by atoms with E-state index < -0.39 is 62.0 Å². The minimum atomic E-state index is -5.23. The van der Waals surface area contributed by atoms with Gasteiger partial charge in [-0.2, -0.15) is 12.7 Å². The lowest BCUT2D eigenvalue weighted by atomic mass is 9.73. The summed E-state index contributed by atoms with van der Waals surface area (Å²) < 4.78 is 40.2. The number of amidine groups is 1. The van der Waals surface area contributed by atoms with E-state index in [0.29, 0.717) is 17.5 Å². The molecule has 0 aromatic heterocycles. The number of hydrogen-bond donors (Lipinski definition) is 5. The number of unbranched alkanes of at least 4 members (excludes halogenated alkanes) is 2. The molecule has 18 heteroatoms. The first-order chi connectivity index (χ1) is 24.7. The van der Waals surface area contributed by atoms with Gasteiger partial charge in [0.15, 0.2) is 5.71 Å². The van der Waals surface area contributed by atoms with E-state index in [1.54, 1.807) is 12.1 Å². The van der Waals surface area contributed by atoms with E-state index in [-0.39, 0.29) is 51.4 Å². The zero-order valence-corrected chi connectivity index (χ0v) is 31.8. The number of phenolic OH excluding ortho intramolecular Hbond substituents is 1. The van der Waals surface area contributed by atoms with Gasteiger partial charge in [0.1, 0.15) is 28.8 Å². The Morgan fingerprint density at radius 1 is 1.25 bits per heavy atom. The molecule has 2 aliphatic heterocycles. The molecule has 1 aliphatic carbocycles. The number of amides is 2. The molecule has 1 aromatic carbocycles. The van der Waals surface area contributed by atoms with Crippen LogP contribution in [0.15, 0.2) is 57.9 Å². The Bertz CT molecular complexity index is 1920. The fraction of sp³-hybridized carbons (Fsp3) is 0.486. The predicted octanol–water partition coefficient (Wildman–Crippen LogP) is 4.71. The average Bonchev–Trinajstić information content (AvgIpc) is 3.48. The molecule has 1 fully saturated rings. The summed E-state index contributed by atoms with van der Waals surface area (Å²) in [4.78, 5) is 60.8. The lowest BCUT2D eigenvalue weighted by Crippen LogP contribution is -2.71. The van der Waals surface area contributed by atoms with Crippen LogP contribution in [0.4, 0.5) is 4.79 Å². The number of aliphatic carboxylic acids is 1. The standard InChI is InChI=1S/C35H45N5O11S2/c1-7-8-9-10-20-16-24(41)27(22-15-19(4)11-12-21(22)18(2)3)25(17-20)50-34(46)52-32-29(31(43)40(32)53(47,48)49)38-30(42)28(23-13-14-26(36)37-23)39-51-35(5,6)33(44)45/h13,15-17,21-22,29,32,41H,2,7-12,14H2,1,3-6H3,(H2,36,37)(H,38,42)(H,44,45)(H,47,48,49)/b39-28-/t21-,22+,29+,32?/m0/s1. The molecule has 2 heterocycles. The Hall–Kier alpha value is -4.68. The van der Waals surface area contributed by atoms with Gasteiger partial charge in [-0.1, -0.05) is 48.7 Å². The van der Waals surface area contributed by atoms with Gasteiger partial charge >= 0.3 is 21.6 Å². The number of oxime groups is 1. The SMILES string of the molecule is C=C(C)[C@@H]1CCC(C)=C[C@H]1c1c(O)cc(CCCCC)cc1OC(=O)SC1[C@H](NC(=O)/C(=N\OC(C)(C)C(=O)O)C2=CCC(N)=N2)C(=O)N1S(=O)(=O)O. The Balaban J connectivity index is 1.66. The number of carbonyl (C=O) groups excluding carboxylic acids is 3. The number of nitrogens with one attached hydrogen (secondary N) is 1. The zero-order valence-electron chi connectivity index (χ0n) is 30.1. The van der Waals surface area contributed by atoms with Gasteiger partial charge in [-0.15, -0.1) is 0 Å². The normalized spacial score (nSPS) is 21.9. The van der Waals surface area contributed by atoms with Crippen molar-refractivity contribution >= 4 is 56.7 Å². The molecule has 1 saturated heterocycles. The first-order valence-corrected chi connectivity index (χ1v) is 19.2. The van der Waals surface area contributed by atoms with Crippen LogP contribution in [-0.4, -0.2) is 79.1 Å². The van der Waals surface area contributed by atoms with Crippen molar-refractivity contribution in [2.45, 2.75) is 102 Å². The molecular weight excluding hydrogens is 731 g/mol. The monoisotopic (exact) mass is 775 g/mol. The highest BCUT2D eigenvalue weighted by atomic mass is 32.2. The van der Waals surface area contributed by atoms with Crippen molar-refractivity contribution in [1.29, 1.82) is 0 Å². The number of benzene rings is 1. The van der Waals surface area contributed by atoms with E-state index in [4.69, 9.17) is 15.3 Å². The van der Waals surface area contributed by atoms with Crippen LogP contribution in [0, 0.1) is 5.92 Å². The Kier molecular flexibility index (Phi) is 12.8. The number of β-lactam (4-membered cyclic amide) rings is 1. The zero-order chi connectivity index (χ0) is 39.4.